The minimum absolute atomic E-state index is 0.243. The highest BCUT2D eigenvalue weighted by molar-refractivity contribution is 5.88. The molecule has 3 aromatic rings. The van der Waals surface area contributed by atoms with Crippen LogP contribution in [0.3, 0.4) is 0 Å². The van der Waals surface area contributed by atoms with Gasteiger partial charge >= 0.3 is 5.97 Å². The monoisotopic (exact) mass is 657 g/mol. The summed E-state index contributed by atoms with van der Waals surface area (Å²) in [5, 5.41) is 10.5. The standard InChI is InChI=1S/C40H55N3O5/c1-27-34(36(43-22-18-40(6,7)19-23-43)35(28(2)41-27)37(38(44)45)48-39(3,4)5)30-12-14-32(15-13-30)47-25-24-42-20-16-29(17-21-42)31-10-9-11-33(26-31)46-8/h9-15,26,29,37H,16-25H2,1-8H3,(H,44,45). The van der Waals surface area contributed by atoms with E-state index >= 15 is 0 Å². The number of methoxy groups -OCH3 is 1. The maximum Gasteiger partial charge on any atom is 0.337 e. The zero-order valence-electron chi connectivity index (χ0n) is 30.3. The molecule has 1 atom stereocenters. The van der Waals surface area contributed by atoms with E-state index in [9.17, 15) is 9.90 Å². The van der Waals surface area contributed by atoms with Gasteiger partial charge in [-0.1, -0.05) is 38.1 Å². The summed E-state index contributed by atoms with van der Waals surface area (Å²) in [7, 11) is 1.72. The summed E-state index contributed by atoms with van der Waals surface area (Å²) in [6.07, 6.45) is 3.18. The van der Waals surface area contributed by atoms with Crippen molar-refractivity contribution in [3.63, 3.8) is 0 Å². The molecule has 1 N–H and O–H groups in total. The van der Waals surface area contributed by atoms with Gasteiger partial charge in [-0.25, -0.2) is 4.79 Å². The molecule has 2 aliphatic heterocycles. The number of aromatic nitrogens is 1. The summed E-state index contributed by atoms with van der Waals surface area (Å²) < 4.78 is 17.9. The lowest BCUT2D eigenvalue weighted by molar-refractivity contribution is -0.160. The number of piperidine rings is 2. The number of hydrogen-bond donors (Lipinski definition) is 1. The third-order valence-electron chi connectivity index (χ3n) is 9.94. The first kappa shape index (κ1) is 35.7. The predicted molar refractivity (Wildman–Crippen MR) is 192 cm³/mol. The Morgan fingerprint density at radius 3 is 2.25 bits per heavy atom. The van der Waals surface area contributed by atoms with Crippen molar-refractivity contribution >= 4 is 11.7 Å². The number of carboxylic acid groups (broad SMARTS) is 1. The van der Waals surface area contributed by atoms with Crippen molar-refractivity contribution in [2.75, 3.05) is 51.3 Å². The topological polar surface area (TPSA) is 84.4 Å². The van der Waals surface area contributed by atoms with E-state index in [4.69, 9.17) is 19.2 Å². The van der Waals surface area contributed by atoms with E-state index in [0.717, 1.165) is 92.4 Å². The van der Waals surface area contributed by atoms with Gasteiger partial charge in [-0.05, 0) is 120 Å². The van der Waals surface area contributed by atoms with Crippen molar-refractivity contribution in [1.29, 1.82) is 0 Å². The Morgan fingerprint density at radius 1 is 0.979 bits per heavy atom. The van der Waals surface area contributed by atoms with E-state index < -0.39 is 17.7 Å². The van der Waals surface area contributed by atoms with E-state index in [2.05, 4.69) is 54.0 Å². The molecule has 5 rings (SSSR count). The molecule has 3 heterocycles. The summed E-state index contributed by atoms with van der Waals surface area (Å²) in [5.41, 5.74) is 6.06. The third-order valence-corrected chi connectivity index (χ3v) is 9.94. The fourth-order valence-corrected chi connectivity index (χ4v) is 7.15. The van der Waals surface area contributed by atoms with Gasteiger partial charge in [-0.15, -0.1) is 0 Å². The number of likely N-dealkylation sites (tertiary alicyclic amines) is 1. The lowest BCUT2D eigenvalue weighted by atomic mass is 9.82. The Balaban J connectivity index is 1.32. The van der Waals surface area contributed by atoms with Gasteiger partial charge in [0.05, 0.1) is 18.4 Å². The minimum atomic E-state index is -1.13. The fourth-order valence-electron chi connectivity index (χ4n) is 7.15. The Morgan fingerprint density at radius 2 is 1.65 bits per heavy atom. The summed E-state index contributed by atoms with van der Waals surface area (Å²) in [6.45, 7) is 19.5. The average Bonchev–Trinajstić information content (AvgIpc) is 3.04. The number of aliphatic carboxylic acids is 1. The number of benzene rings is 2. The van der Waals surface area contributed by atoms with E-state index in [1.807, 2.05) is 52.8 Å². The molecule has 2 aliphatic rings. The van der Waals surface area contributed by atoms with E-state index in [1.165, 1.54) is 5.56 Å². The molecule has 0 amide bonds. The van der Waals surface area contributed by atoms with Crippen molar-refractivity contribution in [2.45, 2.75) is 91.8 Å². The van der Waals surface area contributed by atoms with Gasteiger partial charge in [-0.3, -0.25) is 9.88 Å². The van der Waals surface area contributed by atoms with Gasteiger partial charge in [0, 0.05) is 42.1 Å². The summed E-state index contributed by atoms with van der Waals surface area (Å²) in [6, 6.07) is 16.7. The number of aryl methyl sites for hydroxylation is 2. The van der Waals surface area contributed by atoms with E-state index in [-0.39, 0.29) is 5.41 Å². The molecule has 1 unspecified atom stereocenters. The fraction of sp³-hybridized carbons (Fsp3) is 0.550. The zero-order valence-corrected chi connectivity index (χ0v) is 30.3. The van der Waals surface area contributed by atoms with Crippen LogP contribution in [0.4, 0.5) is 5.69 Å². The Labute approximate surface area is 287 Å². The molecule has 0 aliphatic carbocycles. The second-order valence-electron chi connectivity index (χ2n) is 15.3. The second kappa shape index (κ2) is 14.9. The number of carbonyl (C=O) groups is 1. The number of ether oxygens (including phenoxy) is 3. The van der Waals surface area contributed by atoms with Gasteiger partial charge < -0.3 is 24.2 Å². The number of anilines is 1. The first-order valence-electron chi connectivity index (χ1n) is 17.5. The predicted octanol–water partition coefficient (Wildman–Crippen LogP) is 8.20. The molecule has 8 nitrogen and oxygen atoms in total. The molecule has 48 heavy (non-hydrogen) atoms. The summed E-state index contributed by atoms with van der Waals surface area (Å²) >= 11 is 0. The highest BCUT2D eigenvalue weighted by atomic mass is 16.5. The molecule has 2 aromatic carbocycles. The van der Waals surface area contributed by atoms with E-state index in [0.29, 0.717) is 23.8 Å². The Bertz CT molecular complexity index is 1540. The lowest BCUT2D eigenvalue weighted by Gasteiger charge is -2.41. The van der Waals surface area contributed by atoms with Crippen molar-refractivity contribution in [3.8, 4) is 22.6 Å². The van der Waals surface area contributed by atoms with Crippen molar-refractivity contribution in [2.24, 2.45) is 5.41 Å². The summed E-state index contributed by atoms with van der Waals surface area (Å²) in [4.78, 5) is 22.5. The number of nitrogens with zero attached hydrogens (tertiary/aromatic N) is 3. The molecule has 0 bridgehead atoms. The second-order valence-corrected chi connectivity index (χ2v) is 15.3. The molecule has 260 valence electrons. The Hall–Kier alpha value is -3.62. The highest BCUT2D eigenvalue weighted by Gasteiger charge is 2.36. The zero-order chi connectivity index (χ0) is 34.6. The van der Waals surface area contributed by atoms with Gasteiger partial charge in [0.25, 0.3) is 0 Å². The van der Waals surface area contributed by atoms with Gasteiger partial charge in [0.15, 0.2) is 6.10 Å². The summed E-state index contributed by atoms with van der Waals surface area (Å²) in [5.74, 6) is 1.31. The van der Waals surface area contributed by atoms with Gasteiger partial charge in [-0.2, -0.15) is 0 Å². The van der Waals surface area contributed by atoms with Crippen LogP contribution in [0.1, 0.15) is 94.8 Å². The van der Waals surface area contributed by atoms with Crippen LogP contribution < -0.4 is 14.4 Å². The molecule has 8 heteroatoms. The quantitative estimate of drug-likeness (QED) is 0.221. The molecule has 2 fully saturated rings. The van der Waals surface area contributed by atoms with Crippen molar-refractivity contribution in [3.05, 3.63) is 71.0 Å². The molecular weight excluding hydrogens is 602 g/mol. The van der Waals surface area contributed by atoms with Crippen LogP contribution >= 0.6 is 0 Å². The van der Waals surface area contributed by atoms with Crippen LogP contribution in [-0.4, -0.2) is 73.0 Å². The van der Waals surface area contributed by atoms with Crippen molar-refractivity contribution in [1.82, 2.24) is 9.88 Å². The van der Waals surface area contributed by atoms with Gasteiger partial charge in [0.2, 0.25) is 0 Å². The van der Waals surface area contributed by atoms with Crippen LogP contribution in [0.15, 0.2) is 48.5 Å². The maximum atomic E-state index is 12.8. The van der Waals surface area contributed by atoms with Crippen molar-refractivity contribution < 1.29 is 24.1 Å². The third kappa shape index (κ3) is 8.69. The average molecular weight is 658 g/mol. The van der Waals surface area contributed by atoms with Crippen LogP contribution in [0.25, 0.3) is 11.1 Å². The van der Waals surface area contributed by atoms with Gasteiger partial charge in [0.1, 0.15) is 18.1 Å². The van der Waals surface area contributed by atoms with Crippen LogP contribution in [0.2, 0.25) is 0 Å². The molecule has 0 radical (unpaired) electrons. The first-order chi connectivity index (χ1) is 22.7. The highest BCUT2D eigenvalue weighted by Crippen LogP contribution is 2.45. The largest absolute Gasteiger partial charge is 0.497 e. The number of pyridine rings is 1. The molecule has 0 spiro atoms. The lowest BCUT2D eigenvalue weighted by Crippen LogP contribution is -2.39. The number of carboxylic acids is 1. The Kier molecular flexibility index (Phi) is 11.1. The minimum Gasteiger partial charge on any atom is -0.497 e. The smallest absolute Gasteiger partial charge is 0.337 e. The molecule has 2 saturated heterocycles. The molecule has 1 aromatic heterocycles. The number of rotatable bonds is 11. The first-order valence-corrected chi connectivity index (χ1v) is 17.5. The maximum absolute atomic E-state index is 12.8. The van der Waals surface area contributed by atoms with Crippen LogP contribution in [0.5, 0.6) is 11.5 Å². The number of hydrogen-bond acceptors (Lipinski definition) is 7. The SMILES string of the molecule is COc1cccc(C2CCN(CCOc3ccc(-c4c(C)nc(C)c(C(OC(C)(C)C)C(=O)O)c4N4CCC(C)(C)CC4)cc3)CC2)c1. The van der Waals surface area contributed by atoms with E-state index in [1.54, 1.807) is 7.11 Å². The normalized spacial score (nSPS) is 18.0. The van der Waals surface area contributed by atoms with Crippen LogP contribution in [0, 0.1) is 19.3 Å². The molecular formula is C40H55N3O5. The van der Waals surface area contributed by atoms with Crippen LogP contribution in [-0.2, 0) is 9.53 Å². The molecule has 0 saturated carbocycles.